The van der Waals surface area contributed by atoms with E-state index in [1.54, 1.807) is 0 Å². The highest BCUT2D eigenvalue weighted by Gasteiger charge is 2.35. The van der Waals surface area contributed by atoms with Crippen LogP contribution < -0.4 is 10.5 Å². The molecule has 0 aliphatic rings. The van der Waals surface area contributed by atoms with Crippen molar-refractivity contribution in [2.24, 2.45) is 0 Å². The van der Waals surface area contributed by atoms with Gasteiger partial charge in [0.2, 0.25) is 0 Å². The molecule has 0 heterocycles. The Morgan fingerprint density at radius 3 is 2.29 bits per heavy atom. The summed E-state index contributed by atoms with van der Waals surface area (Å²) in [5.74, 6) is -0.993. The van der Waals surface area contributed by atoms with Crippen molar-refractivity contribution in [1.82, 2.24) is 0 Å². The number of halogens is 5. The molecule has 0 fully saturated rings. The maximum absolute atomic E-state index is 12.1. The van der Waals surface area contributed by atoms with E-state index in [1.807, 2.05) is 0 Å². The Labute approximate surface area is 107 Å². The smallest absolute Gasteiger partial charge is 0.403 e. The first-order valence-electron chi connectivity index (χ1n) is 3.81. The van der Waals surface area contributed by atoms with Crippen molar-refractivity contribution in [3.63, 3.8) is 0 Å². The first kappa shape index (κ1) is 14.4. The van der Waals surface area contributed by atoms with E-state index < -0.39 is 26.1 Å². The van der Waals surface area contributed by atoms with Crippen molar-refractivity contribution in [3.8, 4) is 5.75 Å². The number of rotatable bonds is 2. The van der Waals surface area contributed by atoms with Gasteiger partial charge >= 0.3 is 6.36 Å². The van der Waals surface area contributed by atoms with Crippen molar-refractivity contribution < 1.29 is 26.3 Å². The number of benzene rings is 1. The van der Waals surface area contributed by atoms with Gasteiger partial charge in [-0.2, -0.15) is 0 Å². The molecule has 0 amide bonds. The molecule has 0 aromatic heterocycles. The molecule has 0 saturated heterocycles. The highest BCUT2D eigenvalue weighted by molar-refractivity contribution is 9.10. The van der Waals surface area contributed by atoms with Crippen molar-refractivity contribution >= 4 is 41.4 Å². The Bertz CT molecular complexity index is 546. The lowest BCUT2D eigenvalue weighted by Gasteiger charge is -2.14. The van der Waals surface area contributed by atoms with Crippen LogP contribution in [-0.4, -0.2) is 14.8 Å². The van der Waals surface area contributed by atoms with Gasteiger partial charge in [0.05, 0.1) is 4.47 Å². The van der Waals surface area contributed by atoms with Crippen molar-refractivity contribution in [3.05, 3.63) is 16.6 Å². The number of anilines is 1. The third-order valence-corrected chi connectivity index (χ3v) is 3.73. The first-order chi connectivity index (χ1) is 7.52. The van der Waals surface area contributed by atoms with Gasteiger partial charge in [-0.25, -0.2) is 8.42 Å². The zero-order valence-corrected chi connectivity index (χ0v) is 10.9. The van der Waals surface area contributed by atoms with Gasteiger partial charge in [0.1, 0.15) is 4.90 Å². The minimum absolute atomic E-state index is 0.117. The normalized spacial score (nSPS) is 12.5. The van der Waals surface area contributed by atoms with Gasteiger partial charge in [-0.15, -0.1) is 13.2 Å². The molecule has 0 aliphatic carbocycles. The summed E-state index contributed by atoms with van der Waals surface area (Å²) in [6.45, 7) is 0. The van der Waals surface area contributed by atoms with Crippen LogP contribution >= 0.6 is 26.6 Å². The fourth-order valence-electron chi connectivity index (χ4n) is 0.956. The predicted molar refractivity (Wildman–Crippen MR) is 58.3 cm³/mol. The molecule has 0 radical (unpaired) electrons. The van der Waals surface area contributed by atoms with E-state index in [4.69, 9.17) is 16.4 Å². The molecular weight excluding hydrogens is 350 g/mol. The summed E-state index contributed by atoms with van der Waals surface area (Å²) in [5.41, 5.74) is 5.20. The lowest BCUT2D eigenvalue weighted by atomic mass is 10.3. The average Bonchev–Trinajstić information content (AvgIpc) is 2.08. The third-order valence-electron chi connectivity index (χ3n) is 1.57. The summed E-state index contributed by atoms with van der Waals surface area (Å²) in [5, 5.41) is 0. The molecule has 2 N–H and O–H groups in total. The Hall–Kier alpha value is -0.670. The lowest BCUT2D eigenvalue weighted by molar-refractivity contribution is -0.275. The average molecular weight is 355 g/mol. The SMILES string of the molecule is Nc1ccc(S(=O)(=O)Cl)c(OC(F)(F)F)c1Br. The first-order valence-corrected chi connectivity index (χ1v) is 6.91. The topological polar surface area (TPSA) is 69.4 Å². The number of ether oxygens (including phenoxy) is 1. The van der Waals surface area contributed by atoms with E-state index in [9.17, 15) is 21.6 Å². The Balaban J connectivity index is 3.48. The number of hydrogen-bond acceptors (Lipinski definition) is 4. The molecule has 0 saturated carbocycles. The fraction of sp³-hybridized carbons (Fsp3) is 0.143. The molecule has 4 nitrogen and oxygen atoms in total. The van der Waals surface area contributed by atoms with Crippen LogP contribution in [0.25, 0.3) is 0 Å². The van der Waals surface area contributed by atoms with Crippen molar-refractivity contribution in [2.45, 2.75) is 11.3 Å². The zero-order chi connectivity index (χ0) is 13.4. The molecule has 0 unspecified atom stereocenters. The standard InChI is InChI=1S/C7H4BrClF3NO3S/c8-5-3(13)1-2-4(17(9,14)15)6(5)16-7(10,11)12/h1-2H,13H2. The minimum atomic E-state index is -5.06. The van der Waals surface area contributed by atoms with E-state index in [-0.39, 0.29) is 10.2 Å². The lowest BCUT2D eigenvalue weighted by Crippen LogP contribution is -2.19. The van der Waals surface area contributed by atoms with Crippen molar-refractivity contribution in [2.75, 3.05) is 5.73 Å². The van der Waals surface area contributed by atoms with Gasteiger partial charge in [-0.1, -0.05) is 0 Å². The largest absolute Gasteiger partial charge is 0.573 e. The second kappa shape index (κ2) is 4.54. The minimum Gasteiger partial charge on any atom is -0.403 e. The second-order valence-corrected chi connectivity index (χ2v) is 6.11. The molecule has 0 atom stereocenters. The number of nitrogen functional groups attached to an aromatic ring is 1. The number of nitrogens with two attached hydrogens (primary N) is 1. The molecule has 17 heavy (non-hydrogen) atoms. The van der Waals surface area contributed by atoms with Crippen LogP contribution in [0.3, 0.4) is 0 Å². The maximum atomic E-state index is 12.1. The maximum Gasteiger partial charge on any atom is 0.573 e. The zero-order valence-electron chi connectivity index (χ0n) is 7.75. The van der Waals surface area contributed by atoms with Crippen LogP contribution in [-0.2, 0) is 9.05 Å². The van der Waals surface area contributed by atoms with E-state index >= 15 is 0 Å². The van der Waals surface area contributed by atoms with Crippen LogP contribution in [0, 0.1) is 0 Å². The quantitative estimate of drug-likeness (QED) is 0.655. The monoisotopic (exact) mass is 353 g/mol. The molecule has 1 aromatic rings. The van der Waals surface area contributed by atoms with E-state index in [2.05, 4.69) is 20.7 Å². The van der Waals surface area contributed by atoms with Gasteiger partial charge in [0.25, 0.3) is 9.05 Å². The fourth-order valence-corrected chi connectivity index (χ4v) is 2.47. The van der Waals surface area contributed by atoms with Gasteiger partial charge in [-0.05, 0) is 28.1 Å². The molecule has 0 bridgehead atoms. The molecule has 1 aromatic carbocycles. The van der Waals surface area contributed by atoms with Crippen LogP contribution in [0.2, 0.25) is 0 Å². The van der Waals surface area contributed by atoms with Gasteiger partial charge in [-0.3, -0.25) is 0 Å². The van der Waals surface area contributed by atoms with E-state index in [1.165, 1.54) is 0 Å². The summed E-state index contributed by atoms with van der Waals surface area (Å²) < 4.78 is 61.7. The van der Waals surface area contributed by atoms with Crippen LogP contribution in [0.15, 0.2) is 21.5 Å². The second-order valence-electron chi connectivity index (χ2n) is 2.78. The number of hydrogen-bond donors (Lipinski definition) is 1. The molecular formula is C7H4BrClF3NO3S. The summed E-state index contributed by atoms with van der Waals surface area (Å²) in [7, 11) is 0.597. The summed E-state index contributed by atoms with van der Waals surface area (Å²) in [6, 6.07) is 1.91. The molecule has 0 spiro atoms. The van der Waals surface area contributed by atoms with Gasteiger partial charge in [0, 0.05) is 16.4 Å². The van der Waals surface area contributed by atoms with Gasteiger partial charge in [0.15, 0.2) is 5.75 Å². The van der Waals surface area contributed by atoms with Crippen LogP contribution in [0.4, 0.5) is 18.9 Å². The van der Waals surface area contributed by atoms with Gasteiger partial charge < -0.3 is 10.5 Å². The highest BCUT2D eigenvalue weighted by Crippen LogP contribution is 2.40. The van der Waals surface area contributed by atoms with E-state index in [0.717, 1.165) is 12.1 Å². The van der Waals surface area contributed by atoms with Crippen LogP contribution in [0.5, 0.6) is 5.75 Å². The molecule has 96 valence electrons. The number of alkyl halides is 3. The highest BCUT2D eigenvalue weighted by atomic mass is 79.9. The van der Waals surface area contributed by atoms with Crippen molar-refractivity contribution in [1.29, 1.82) is 0 Å². The Morgan fingerprint density at radius 2 is 1.88 bits per heavy atom. The summed E-state index contributed by atoms with van der Waals surface area (Å²) in [4.78, 5) is -0.822. The summed E-state index contributed by atoms with van der Waals surface area (Å²) >= 11 is 2.70. The Kier molecular flexibility index (Phi) is 3.84. The molecule has 10 heteroatoms. The van der Waals surface area contributed by atoms with E-state index in [0.29, 0.717) is 0 Å². The predicted octanol–water partition coefficient (Wildman–Crippen LogP) is 2.86. The third kappa shape index (κ3) is 3.65. The Morgan fingerprint density at radius 1 is 1.35 bits per heavy atom. The molecule has 0 aliphatic heterocycles. The summed E-state index contributed by atoms with van der Waals surface area (Å²) in [6.07, 6.45) is -5.06. The molecule has 1 rings (SSSR count). The van der Waals surface area contributed by atoms with Crippen LogP contribution in [0.1, 0.15) is 0 Å².